The third-order valence-electron chi connectivity index (χ3n) is 2.55. The zero-order chi connectivity index (χ0) is 17.2. The number of nitrogens with zero attached hydrogens (tertiary/aromatic N) is 1. The summed E-state index contributed by atoms with van der Waals surface area (Å²) in [6, 6.07) is 5.48. The molecule has 0 bridgehead atoms. The summed E-state index contributed by atoms with van der Waals surface area (Å²) >= 11 is 5.71. The van der Waals surface area contributed by atoms with Gasteiger partial charge in [-0.2, -0.15) is 13.2 Å². The number of aromatic amines is 1. The number of benzene rings is 1. The summed E-state index contributed by atoms with van der Waals surface area (Å²) in [5.74, 6) is -2.57. The monoisotopic (exact) mass is 347 g/mol. The zero-order valence-corrected chi connectivity index (χ0v) is 12.0. The molecule has 0 aliphatic rings. The van der Waals surface area contributed by atoms with Gasteiger partial charge in [-0.25, -0.2) is 4.98 Å². The van der Waals surface area contributed by atoms with Gasteiger partial charge in [0.2, 0.25) is 11.7 Å². The lowest BCUT2D eigenvalue weighted by molar-refractivity contribution is -0.142. The van der Waals surface area contributed by atoms with Crippen LogP contribution in [-0.4, -0.2) is 15.9 Å². The second-order valence-electron chi connectivity index (χ2n) is 4.39. The molecule has 0 atom stereocenters. The number of primary amides is 1. The van der Waals surface area contributed by atoms with Gasteiger partial charge in [0.15, 0.2) is 5.69 Å². The SMILES string of the molecule is NC(=O)Cc1nc(C(F)(F)F)c(Oc2cccc(Cl)c2)c(=O)[nH]1. The number of alkyl halides is 3. The zero-order valence-electron chi connectivity index (χ0n) is 11.3. The quantitative estimate of drug-likeness (QED) is 0.886. The third kappa shape index (κ3) is 4.22. The number of nitrogens with two attached hydrogens (primary N) is 1. The molecule has 0 aliphatic heterocycles. The number of rotatable bonds is 4. The van der Waals surface area contributed by atoms with Crippen LogP contribution in [0.5, 0.6) is 11.5 Å². The number of nitrogens with one attached hydrogen (secondary N) is 1. The number of hydrogen-bond acceptors (Lipinski definition) is 4. The van der Waals surface area contributed by atoms with E-state index in [1.807, 2.05) is 4.98 Å². The lowest BCUT2D eigenvalue weighted by Gasteiger charge is -2.13. The van der Waals surface area contributed by atoms with Crippen LogP contribution in [0.2, 0.25) is 5.02 Å². The summed E-state index contributed by atoms with van der Waals surface area (Å²) in [6.45, 7) is 0. The molecule has 6 nitrogen and oxygen atoms in total. The number of halogens is 4. The molecule has 0 radical (unpaired) electrons. The highest BCUT2D eigenvalue weighted by Crippen LogP contribution is 2.34. The molecule has 0 fully saturated rings. The Labute approximate surface area is 132 Å². The van der Waals surface area contributed by atoms with Gasteiger partial charge < -0.3 is 15.5 Å². The van der Waals surface area contributed by atoms with Crippen LogP contribution in [0.4, 0.5) is 13.2 Å². The van der Waals surface area contributed by atoms with E-state index in [1.54, 1.807) is 0 Å². The molecule has 10 heteroatoms. The van der Waals surface area contributed by atoms with Crippen LogP contribution < -0.4 is 16.0 Å². The molecule has 122 valence electrons. The van der Waals surface area contributed by atoms with Gasteiger partial charge in [0.05, 0.1) is 6.42 Å². The second-order valence-corrected chi connectivity index (χ2v) is 4.83. The smallest absolute Gasteiger partial charge is 0.437 e. The van der Waals surface area contributed by atoms with Crippen molar-refractivity contribution in [1.29, 1.82) is 0 Å². The van der Waals surface area contributed by atoms with Crippen LogP contribution in [-0.2, 0) is 17.4 Å². The van der Waals surface area contributed by atoms with E-state index in [0.717, 1.165) is 0 Å². The molecule has 0 saturated heterocycles. The van der Waals surface area contributed by atoms with Crippen molar-refractivity contribution in [2.75, 3.05) is 0 Å². The van der Waals surface area contributed by atoms with Gasteiger partial charge in [-0.1, -0.05) is 17.7 Å². The Morgan fingerprint density at radius 1 is 1.39 bits per heavy atom. The number of H-pyrrole nitrogens is 1. The van der Waals surface area contributed by atoms with E-state index in [2.05, 4.69) is 4.98 Å². The predicted molar refractivity (Wildman–Crippen MR) is 74.3 cm³/mol. The van der Waals surface area contributed by atoms with Gasteiger partial charge in [-0.05, 0) is 18.2 Å². The normalized spacial score (nSPS) is 11.3. The van der Waals surface area contributed by atoms with E-state index in [9.17, 15) is 22.8 Å². The minimum absolute atomic E-state index is 0.0713. The molecule has 1 aromatic heterocycles. The van der Waals surface area contributed by atoms with E-state index in [1.165, 1.54) is 24.3 Å². The number of ether oxygens (including phenoxy) is 1. The molecule has 1 heterocycles. The molecule has 0 spiro atoms. The Hall–Kier alpha value is -2.55. The molecule has 3 N–H and O–H groups in total. The summed E-state index contributed by atoms with van der Waals surface area (Å²) in [6.07, 6.45) is -5.61. The largest absolute Gasteiger partial charge is 0.449 e. The highest BCUT2D eigenvalue weighted by atomic mass is 35.5. The lowest BCUT2D eigenvalue weighted by Crippen LogP contribution is -2.24. The van der Waals surface area contributed by atoms with Crippen LogP contribution in [0.15, 0.2) is 29.1 Å². The summed E-state index contributed by atoms with van der Waals surface area (Å²) in [5, 5.41) is 0.214. The maximum atomic E-state index is 13.1. The fourth-order valence-electron chi connectivity index (χ4n) is 1.69. The standard InChI is InChI=1S/C13H9ClF3N3O3/c14-6-2-1-3-7(4-6)23-10-11(13(15,16)17)19-9(5-8(18)21)20-12(10)22/h1-4H,5H2,(H2,18,21)(H,19,20,22). The maximum Gasteiger partial charge on any atom is 0.437 e. The first-order chi connectivity index (χ1) is 10.7. The Morgan fingerprint density at radius 3 is 2.65 bits per heavy atom. The Kier molecular flexibility index (Phi) is 4.60. The van der Waals surface area contributed by atoms with Gasteiger partial charge in [-0.15, -0.1) is 0 Å². The summed E-state index contributed by atoms with van der Waals surface area (Å²) < 4.78 is 44.3. The van der Waals surface area contributed by atoms with Crippen molar-refractivity contribution in [3.05, 3.63) is 51.2 Å². The Bertz CT molecular complexity index is 805. The highest BCUT2D eigenvalue weighted by molar-refractivity contribution is 6.30. The van der Waals surface area contributed by atoms with Crippen molar-refractivity contribution in [2.24, 2.45) is 5.73 Å². The van der Waals surface area contributed by atoms with Gasteiger partial charge in [0.1, 0.15) is 11.6 Å². The van der Waals surface area contributed by atoms with Gasteiger partial charge >= 0.3 is 6.18 Å². The topological polar surface area (TPSA) is 98.1 Å². The minimum Gasteiger partial charge on any atom is -0.449 e. The summed E-state index contributed by atoms with van der Waals surface area (Å²) in [5.41, 5.74) is 2.13. The number of carbonyl (C=O) groups is 1. The predicted octanol–water partition coefficient (Wildman–Crippen LogP) is 2.26. The second kappa shape index (κ2) is 6.29. The van der Waals surface area contributed by atoms with Crippen molar-refractivity contribution in [3.63, 3.8) is 0 Å². The average Bonchev–Trinajstić information content (AvgIpc) is 2.39. The van der Waals surface area contributed by atoms with E-state index in [-0.39, 0.29) is 10.8 Å². The first-order valence-corrected chi connectivity index (χ1v) is 6.46. The first kappa shape index (κ1) is 16.8. The first-order valence-electron chi connectivity index (χ1n) is 6.09. The van der Waals surface area contributed by atoms with Crippen molar-refractivity contribution in [1.82, 2.24) is 9.97 Å². The Morgan fingerprint density at radius 2 is 2.09 bits per heavy atom. The molecule has 23 heavy (non-hydrogen) atoms. The van der Waals surface area contributed by atoms with Crippen LogP contribution >= 0.6 is 11.6 Å². The fraction of sp³-hybridized carbons (Fsp3) is 0.154. The van der Waals surface area contributed by atoms with E-state index < -0.39 is 41.3 Å². The van der Waals surface area contributed by atoms with Crippen LogP contribution in [0.25, 0.3) is 0 Å². The molecular formula is C13H9ClF3N3O3. The fourth-order valence-corrected chi connectivity index (χ4v) is 1.87. The van der Waals surface area contributed by atoms with Crippen LogP contribution in [0, 0.1) is 0 Å². The third-order valence-corrected chi connectivity index (χ3v) is 2.79. The summed E-state index contributed by atoms with van der Waals surface area (Å²) in [4.78, 5) is 27.9. The van der Waals surface area contributed by atoms with E-state index in [4.69, 9.17) is 22.1 Å². The molecule has 2 rings (SSSR count). The molecule has 0 unspecified atom stereocenters. The number of amides is 1. The van der Waals surface area contributed by atoms with Gasteiger partial charge in [0, 0.05) is 5.02 Å². The molecule has 1 aromatic carbocycles. The van der Waals surface area contributed by atoms with Crippen molar-refractivity contribution >= 4 is 17.5 Å². The highest BCUT2D eigenvalue weighted by Gasteiger charge is 2.39. The van der Waals surface area contributed by atoms with Crippen molar-refractivity contribution in [3.8, 4) is 11.5 Å². The van der Waals surface area contributed by atoms with Crippen LogP contribution in [0.3, 0.4) is 0 Å². The van der Waals surface area contributed by atoms with E-state index in [0.29, 0.717) is 0 Å². The molecule has 0 aliphatic carbocycles. The van der Waals surface area contributed by atoms with Crippen molar-refractivity contribution in [2.45, 2.75) is 12.6 Å². The minimum atomic E-state index is -4.96. The lowest BCUT2D eigenvalue weighted by atomic mass is 10.3. The van der Waals surface area contributed by atoms with E-state index >= 15 is 0 Å². The van der Waals surface area contributed by atoms with Crippen LogP contribution in [0.1, 0.15) is 11.5 Å². The molecule has 1 amide bonds. The Balaban J connectivity index is 2.53. The van der Waals surface area contributed by atoms with Crippen molar-refractivity contribution < 1.29 is 22.7 Å². The van der Waals surface area contributed by atoms with Gasteiger partial charge in [-0.3, -0.25) is 9.59 Å². The molecular weight excluding hydrogens is 339 g/mol. The number of aromatic nitrogens is 2. The number of hydrogen-bond donors (Lipinski definition) is 2. The molecule has 2 aromatic rings. The van der Waals surface area contributed by atoms with Gasteiger partial charge in [0.25, 0.3) is 5.56 Å². The maximum absolute atomic E-state index is 13.1. The summed E-state index contributed by atoms with van der Waals surface area (Å²) in [7, 11) is 0. The number of carbonyl (C=O) groups excluding carboxylic acids is 1. The average molecular weight is 348 g/mol. The molecule has 0 saturated carbocycles.